The minimum atomic E-state index is 0.00611. The van der Waals surface area contributed by atoms with E-state index in [-0.39, 0.29) is 24.8 Å². The molecule has 0 aliphatic carbocycles. The van der Waals surface area contributed by atoms with E-state index in [2.05, 4.69) is 31.1 Å². The maximum atomic E-state index is 9.39. The molecule has 4 N–H and O–H groups in total. The van der Waals surface area contributed by atoms with Crippen LogP contribution in [0.4, 0.5) is 0 Å². The Bertz CT molecular complexity index is 903. The second-order valence-electron chi connectivity index (χ2n) is 8.55. The highest BCUT2D eigenvalue weighted by Crippen LogP contribution is 2.27. The van der Waals surface area contributed by atoms with Crippen molar-refractivity contribution in [3.05, 3.63) is 69.8 Å². The minimum absolute atomic E-state index is 0.00611. The maximum Gasteiger partial charge on any atom is 0.120 e. The topological polar surface area (TPSA) is 79.9 Å². The molecule has 0 bridgehead atoms. The zero-order valence-electron chi connectivity index (χ0n) is 18.9. The van der Waals surface area contributed by atoms with Crippen LogP contribution in [0.3, 0.4) is 0 Å². The average molecular weight is 478 g/mol. The van der Waals surface area contributed by atoms with Crippen LogP contribution in [0.5, 0.6) is 5.75 Å². The van der Waals surface area contributed by atoms with E-state index in [0.29, 0.717) is 22.2 Å². The van der Waals surface area contributed by atoms with E-state index in [0.717, 1.165) is 29.7 Å². The second kappa shape index (κ2) is 12.9. The SMILES string of the molecule is CC(C)(C)NCCC(CCO)N=C/C(=C\N)c1cccc(OCc2c(Cl)cccc2Cl)c1. The molecule has 5 nitrogen and oxygen atoms in total. The highest BCUT2D eigenvalue weighted by molar-refractivity contribution is 6.35. The summed E-state index contributed by atoms with van der Waals surface area (Å²) in [7, 11) is 0. The zero-order valence-corrected chi connectivity index (χ0v) is 20.5. The van der Waals surface area contributed by atoms with Crippen molar-refractivity contribution in [2.75, 3.05) is 13.2 Å². The van der Waals surface area contributed by atoms with Gasteiger partial charge in [0.25, 0.3) is 0 Å². The number of nitrogens with zero attached hydrogens (tertiary/aromatic N) is 1. The predicted octanol–water partition coefficient (Wildman–Crippen LogP) is 5.47. The van der Waals surface area contributed by atoms with Gasteiger partial charge in [-0.15, -0.1) is 0 Å². The van der Waals surface area contributed by atoms with Crippen LogP contribution in [0.25, 0.3) is 5.57 Å². The number of hydrogen-bond donors (Lipinski definition) is 3. The first-order valence-electron chi connectivity index (χ1n) is 10.7. The Kier molecular flexibility index (Phi) is 10.5. The molecule has 0 fully saturated rings. The van der Waals surface area contributed by atoms with Crippen LogP contribution in [0.1, 0.15) is 44.7 Å². The summed E-state index contributed by atoms with van der Waals surface area (Å²) in [6.45, 7) is 7.55. The lowest BCUT2D eigenvalue weighted by atomic mass is 10.1. The van der Waals surface area contributed by atoms with Crippen molar-refractivity contribution in [1.29, 1.82) is 0 Å². The van der Waals surface area contributed by atoms with Gasteiger partial charge in [0.05, 0.1) is 6.04 Å². The van der Waals surface area contributed by atoms with Gasteiger partial charge < -0.3 is 20.9 Å². The fourth-order valence-electron chi connectivity index (χ4n) is 3.05. The summed E-state index contributed by atoms with van der Waals surface area (Å²) in [5.41, 5.74) is 8.34. The lowest BCUT2D eigenvalue weighted by Gasteiger charge is -2.21. The molecule has 0 aliphatic rings. The highest BCUT2D eigenvalue weighted by Gasteiger charge is 2.12. The van der Waals surface area contributed by atoms with Gasteiger partial charge in [-0.2, -0.15) is 0 Å². The van der Waals surface area contributed by atoms with Gasteiger partial charge in [0.2, 0.25) is 0 Å². The molecule has 7 heteroatoms. The molecule has 0 spiro atoms. The quantitative estimate of drug-likeness (QED) is 0.374. The highest BCUT2D eigenvalue weighted by atomic mass is 35.5. The van der Waals surface area contributed by atoms with Crippen molar-refractivity contribution in [3.8, 4) is 5.75 Å². The van der Waals surface area contributed by atoms with E-state index in [4.69, 9.17) is 33.7 Å². The van der Waals surface area contributed by atoms with E-state index >= 15 is 0 Å². The molecule has 1 atom stereocenters. The number of ether oxygens (including phenoxy) is 1. The Labute approximate surface area is 201 Å². The van der Waals surface area contributed by atoms with Gasteiger partial charge in [-0.05, 0) is 70.0 Å². The number of aliphatic hydroxyl groups is 1. The standard InChI is InChI=1S/C25H33Cl2N3O2/c1-25(2,3)30-12-10-20(11-13-31)29-16-19(15-28)18-6-4-7-21(14-18)32-17-22-23(26)8-5-9-24(22)27/h4-9,14-16,20,30-31H,10-13,17,28H2,1-3H3/b19-15+,29-16?. The molecule has 0 heterocycles. The van der Waals surface area contributed by atoms with Crippen LogP contribution < -0.4 is 15.8 Å². The van der Waals surface area contributed by atoms with Crippen LogP contribution in [-0.2, 0) is 6.61 Å². The summed E-state index contributed by atoms with van der Waals surface area (Å²) in [4.78, 5) is 4.68. The smallest absolute Gasteiger partial charge is 0.120 e. The van der Waals surface area contributed by atoms with Crippen LogP contribution in [0.2, 0.25) is 10.0 Å². The summed E-state index contributed by atoms with van der Waals surface area (Å²) >= 11 is 12.5. The predicted molar refractivity (Wildman–Crippen MR) is 136 cm³/mol. The molecule has 0 aromatic heterocycles. The van der Waals surface area contributed by atoms with Crippen molar-refractivity contribution in [1.82, 2.24) is 5.32 Å². The summed E-state index contributed by atoms with van der Waals surface area (Å²) in [5, 5.41) is 14.0. The third-order valence-electron chi connectivity index (χ3n) is 4.81. The van der Waals surface area contributed by atoms with E-state index in [1.54, 1.807) is 24.4 Å². The van der Waals surface area contributed by atoms with Crippen LogP contribution in [-0.4, -0.2) is 36.1 Å². The third-order valence-corrected chi connectivity index (χ3v) is 5.52. The monoisotopic (exact) mass is 477 g/mol. The number of allylic oxidation sites excluding steroid dienone is 1. The molecule has 0 saturated heterocycles. The Morgan fingerprint density at radius 3 is 2.47 bits per heavy atom. The lowest BCUT2D eigenvalue weighted by molar-refractivity contribution is 0.271. The van der Waals surface area contributed by atoms with E-state index in [9.17, 15) is 5.11 Å². The number of halogens is 2. The molecular weight excluding hydrogens is 445 g/mol. The molecule has 0 radical (unpaired) electrons. The Hall–Kier alpha value is -2.05. The minimum Gasteiger partial charge on any atom is -0.489 e. The Morgan fingerprint density at radius 2 is 1.84 bits per heavy atom. The van der Waals surface area contributed by atoms with E-state index in [1.165, 1.54) is 6.20 Å². The lowest BCUT2D eigenvalue weighted by Crippen LogP contribution is -2.37. The van der Waals surface area contributed by atoms with Crippen molar-refractivity contribution < 1.29 is 9.84 Å². The fourth-order valence-corrected chi connectivity index (χ4v) is 3.55. The normalized spacial score (nSPS) is 13.5. The first-order chi connectivity index (χ1) is 15.2. The third kappa shape index (κ3) is 8.83. The molecule has 0 aliphatic heterocycles. The molecule has 174 valence electrons. The summed E-state index contributed by atoms with van der Waals surface area (Å²) in [6, 6.07) is 13.0. The molecule has 2 aromatic rings. The van der Waals surface area contributed by atoms with Gasteiger partial charge in [0.1, 0.15) is 12.4 Å². The number of benzene rings is 2. The average Bonchev–Trinajstić information content (AvgIpc) is 2.73. The maximum absolute atomic E-state index is 9.39. The van der Waals surface area contributed by atoms with Gasteiger partial charge in [0.15, 0.2) is 0 Å². The van der Waals surface area contributed by atoms with Gasteiger partial charge in [-0.3, -0.25) is 4.99 Å². The van der Waals surface area contributed by atoms with Crippen LogP contribution >= 0.6 is 23.2 Å². The Morgan fingerprint density at radius 1 is 1.16 bits per heavy atom. The molecule has 0 amide bonds. The molecule has 2 aromatic carbocycles. The first kappa shape index (κ1) is 26.2. The summed E-state index contributed by atoms with van der Waals surface area (Å²) in [5.74, 6) is 0.674. The molecule has 1 unspecified atom stereocenters. The number of hydrogen-bond acceptors (Lipinski definition) is 5. The van der Waals surface area contributed by atoms with Gasteiger partial charge >= 0.3 is 0 Å². The molecule has 2 rings (SSSR count). The summed E-state index contributed by atoms with van der Waals surface area (Å²) < 4.78 is 5.92. The summed E-state index contributed by atoms with van der Waals surface area (Å²) in [6.07, 6.45) is 4.72. The Balaban J connectivity index is 2.06. The number of aliphatic imine (C=N–C) groups is 1. The largest absolute Gasteiger partial charge is 0.489 e. The van der Waals surface area contributed by atoms with E-state index in [1.807, 2.05) is 24.3 Å². The molecule has 0 saturated carbocycles. The number of nitrogens with two attached hydrogens (primary N) is 1. The van der Waals surface area contributed by atoms with Gasteiger partial charge in [-0.1, -0.05) is 41.4 Å². The van der Waals surface area contributed by atoms with Crippen LogP contribution in [0, 0.1) is 0 Å². The van der Waals surface area contributed by atoms with Crippen molar-refractivity contribution in [2.24, 2.45) is 10.7 Å². The number of aliphatic hydroxyl groups excluding tert-OH is 1. The zero-order chi connectivity index (χ0) is 23.6. The molecular formula is C25H33Cl2N3O2. The van der Waals surface area contributed by atoms with Crippen molar-refractivity contribution in [3.63, 3.8) is 0 Å². The van der Waals surface area contributed by atoms with Crippen LogP contribution in [0.15, 0.2) is 53.7 Å². The first-order valence-corrected chi connectivity index (χ1v) is 11.5. The van der Waals surface area contributed by atoms with Gasteiger partial charge in [-0.25, -0.2) is 0 Å². The fraction of sp³-hybridized carbons (Fsp3) is 0.400. The van der Waals surface area contributed by atoms with Crippen molar-refractivity contribution >= 4 is 35.0 Å². The van der Waals surface area contributed by atoms with Gasteiger partial charge in [0, 0.05) is 45.7 Å². The number of rotatable bonds is 11. The number of nitrogens with one attached hydrogen (secondary N) is 1. The molecule has 32 heavy (non-hydrogen) atoms. The van der Waals surface area contributed by atoms with Crippen molar-refractivity contribution in [2.45, 2.75) is 51.8 Å². The second-order valence-corrected chi connectivity index (χ2v) is 9.36. The van der Waals surface area contributed by atoms with E-state index < -0.39 is 0 Å².